The number of nitrogens with two attached hydrogens (primary N) is 1. The van der Waals surface area contributed by atoms with E-state index < -0.39 is 0 Å². The highest BCUT2D eigenvalue weighted by Gasteiger charge is 2.14. The largest absolute Gasteiger partial charge is 0.468 e. The molecular weight excluding hydrogens is 168 g/mol. The van der Waals surface area contributed by atoms with Crippen LogP contribution in [0.4, 0.5) is 0 Å². The molecule has 1 atom stereocenters. The first kappa shape index (κ1) is 12.4. The highest BCUT2D eigenvalue weighted by Crippen LogP contribution is 1.94. The lowest BCUT2D eigenvalue weighted by atomic mass is 10.2. The second-order valence-electron chi connectivity index (χ2n) is 2.93. The zero-order valence-electron chi connectivity index (χ0n) is 8.51. The van der Waals surface area contributed by atoms with Crippen LogP contribution in [0.1, 0.15) is 26.2 Å². The minimum atomic E-state index is -0.185. The molecule has 0 aromatic heterocycles. The Balaban J connectivity index is 3.53. The lowest BCUT2D eigenvalue weighted by Crippen LogP contribution is -2.37. The number of carbonyl (C=O) groups is 1. The van der Waals surface area contributed by atoms with Gasteiger partial charge in [-0.2, -0.15) is 0 Å². The fraction of sp³-hybridized carbons (Fsp3) is 0.889. The summed E-state index contributed by atoms with van der Waals surface area (Å²) in [6, 6.07) is -0.164. The molecule has 0 saturated heterocycles. The second-order valence-corrected chi connectivity index (χ2v) is 2.93. The van der Waals surface area contributed by atoms with Gasteiger partial charge >= 0.3 is 5.97 Å². The van der Waals surface area contributed by atoms with E-state index in [-0.39, 0.29) is 12.0 Å². The molecule has 4 heteroatoms. The van der Waals surface area contributed by atoms with E-state index in [0.717, 1.165) is 25.8 Å². The van der Waals surface area contributed by atoms with Gasteiger partial charge in [0, 0.05) is 0 Å². The van der Waals surface area contributed by atoms with Crippen molar-refractivity contribution >= 4 is 5.97 Å². The summed E-state index contributed by atoms with van der Waals surface area (Å²) >= 11 is 0. The van der Waals surface area contributed by atoms with Gasteiger partial charge < -0.3 is 15.8 Å². The molecule has 4 nitrogen and oxygen atoms in total. The lowest BCUT2D eigenvalue weighted by Gasteiger charge is -2.13. The molecule has 0 aliphatic rings. The van der Waals surface area contributed by atoms with Gasteiger partial charge in [0.1, 0.15) is 6.04 Å². The van der Waals surface area contributed by atoms with Crippen LogP contribution in [0.3, 0.4) is 0 Å². The van der Waals surface area contributed by atoms with Gasteiger partial charge in [0.05, 0.1) is 7.11 Å². The topological polar surface area (TPSA) is 64.3 Å². The Kier molecular flexibility index (Phi) is 7.63. The summed E-state index contributed by atoms with van der Waals surface area (Å²) in [5.74, 6) is -0.185. The van der Waals surface area contributed by atoms with Crippen molar-refractivity contribution in [3.8, 4) is 0 Å². The van der Waals surface area contributed by atoms with E-state index >= 15 is 0 Å². The van der Waals surface area contributed by atoms with Crippen LogP contribution in [0.15, 0.2) is 0 Å². The van der Waals surface area contributed by atoms with Crippen LogP contribution in [0.2, 0.25) is 0 Å². The Morgan fingerprint density at radius 1 is 1.54 bits per heavy atom. The number of rotatable bonds is 7. The van der Waals surface area contributed by atoms with Crippen LogP contribution in [-0.2, 0) is 9.53 Å². The van der Waals surface area contributed by atoms with Gasteiger partial charge in [0.2, 0.25) is 0 Å². The van der Waals surface area contributed by atoms with Crippen molar-refractivity contribution in [2.24, 2.45) is 5.73 Å². The zero-order chi connectivity index (χ0) is 10.1. The van der Waals surface area contributed by atoms with E-state index in [1.807, 2.05) is 6.92 Å². The van der Waals surface area contributed by atoms with Gasteiger partial charge in [-0.1, -0.05) is 6.92 Å². The molecule has 0 aromatic rings. The summed E-state index contributed by atoms with van der Waals surface area (Å²) in [6.07, 6.45) is 2.75. The molecule has 0 spiro atoms. The van der Waals surface area contributed by atoms with Gasteiger partial charge in [-0.05, 0) is 32.4 Å². The third-order valence-electron chi connectivity index (χ3n) is 1.92. The number of hydrogen-bond acceptors (Lipinski definition) is 4. The van der Waals surface area contributed by atoms with Crippen molar-refractivity contribution in [2.75, 3.05) is 20.2 Å². The van der Waals surface area contributed by atoms with E-state index in [2.05, 4.69) is 10.1 Å². The molecular formula is C9H20N2O2. The minimum absolute atomic E-state index is 0.164. The fourth-order valence-electron chi connectivity index (χ4n) is 1.08. The number of hydrogen-bond donors (Lipinski definition) is 2. The zero-order valence-corrected chi connectivity index (χ0v) is 8.51. The van der Waals surface area contributed by atoms with Crippen molar-refractivity contribution < 1.29 is 9.53 Å². The van der Waals surface area contributed by atoms with Crippen LogP contribution in [0.25, 0.3) is 0 Å². The Bertz CT molecular complexity index is 140. The Morgan fingerprint density at radius 3 is 2.69 bits per heavy atom. The van der Waals surface area contributed by atoms with Gasteiger partial charge in [0.25, 0.3) is 0 Å². The molecule has 0 rings (SSSR count). The number of ether oxygens (including phenoxy) is 1. The first-order valence-corrected chi connectivity index (χ1v) is 4.77. The van der Waals surface area contributed by atoms with Crippen LogP contribution in [0, 0.1) is 0 Å². The molecule has 0 aliphatic heterocycles. The van der Waals surface area contributed by atoms with Crippen molar-refractivity contribution in [2.45, 2.75) is 32.2 Å². The average molecular weight is 188 g/mol. The summed E-state index contributed by atoms with van der Waals surface area (Å²) in [5, 5.41) is 3.12. The predicted molar refractivity (Wildman–Crippen MR) is 52.4 cm³/mol. The Labute approximate surface area is 79.8 Å². The predicted octanol–water partition coefficient (Wildman–Crippen LogP) is 0.267. The van der Waals surface area contributed by atoms with Crippen molar-refractivity contribution in [3.05, 3.63) is 0 Å². The van der Waals surface area contributed by atoms with Gasteiger partial charge in [0.15, 0.2) is 0 Å². The van der Waals surface area contributed by atoms with E-state index in [1.54, 1.807) is 0 Å². The number of nitrogens with one attached hydrogen (secondary N) is 1. The van der Waals surface area contributed by atoms with E-state index in [9.17, 15) is 4.79 Å². The van der Waals surface area contributed by atoms with Crippen LogP contribution in [-0.4, -0.2) is 32.2 Å². The van der Waals surface area contributed by atoms with Crippen LogP contribution < -0.4 is 11.1 Å². The summed E-state index contributed by atoms with van der Waals surface area (Å²) in [7, 11) is 1.41. The average Bonchev–Trinajstić information content (AvgIpc) is 2.17. The molecule has 0 fully saturated rings. The van der Waals surface area contributed by atoms with E-state index in [4.69, 9.17) is 5.73 Å². The molecule has 0 saturated carbocycles. The summed E-state index contributed by atoms with van der Waals surface area (Å²) < 4.78 is 4.63. The molecule has 0 amide bonds. The monoisotopic (exact) mass is 188 g/mol. The standard InChI is InChI=1S/C9H20N2O2/c1-3-8(9(12)13-2)11-7-5-4-6-10/h8,11H,3-7,10H2,1-2H3. The maximum absolute atomic E-state index is 11.1. The maximum atomic E-state index is 11.1. The maximum Gasteiger partial charge on any atom is 0.322 e. The summed E-state index contributed by atoms with van der Waals surface area (Å²) in [5.41, 5.74) is 5.34. The smallest absolute Gasteiger partial charge is 0.322 e. The molecule has 0 heterocycles. The van der Waals surface area contributed by atoms with Crippen molar-refractivity contribution in [1.29, 1.82) is 0 Å². The minimum Gasteiger partial charge on any atom is -0.468 e. The molecule has 78 valence electrons. The summed E-state index contributed by atoms with van der Waals surface area (Å²) in [4.78, 5) is 11.1. The Hall–Kier alpha value is -0.610. The molecule has 3 N–H and O–H groups in total. The van der Waals surface area contributed by atoms with Gasteiger partial charge in [-0.3, -0.25) is 4.79 Å². The Morgan fingerprint density at radius 2 is 2.23 bits per heavy atom. The second kappa shape index (κ2) is 8.01. The number of methoxy groups -OCH3 is 1. The molecule has 0 bridgehead atoms. The highest BCUT2D eigenvalue weighted by molar-refractivity contribution is 5.75. The molecule has 13 heavy (non-hydrogen) atoms. The highest BCUT2D eigenvalue weighted by atomic mass is 16.5. The third-order valence-corrected chi connectivity index (χ3v) is 1.92. The molecule has 0 aromatic carbocycles. The van der Waals surface area contributed by atoms with E-state index in [1.165, 1.54) is 7.11 Å². The first-order valence-electron chi connectivity index (χ1n) is 4.77. The normalized spacial score (nSPS) is 12.5. The van der Waals surface area contributed by atoms with Gasteiger partial charge in [-0.15, -0.1) is 0 Å². The molecule has 1 unspecified atom stereocenters. The molecule has 0 aliphatic carbocycles. The molecule has 0 radical (unpaired) electrons. The number of esters is 1. The van der Waals surface area contributed by atoms with E-state index in [0.29, 0.717) is 6.54 Å². The van der Waals surface area contributed by atoms with Crippen LogP contribution in [0.5, 0.6) is 0 Å². The van der Waals surface area contributed by atoms with Gasteiger partial charge in [-0.25, -0.2) is 0 Å². The quantitative estimate of drug-likeness (QED) is 0.444. The van der Waals surface area contributed by atoms with Crippen molar-refractivity contribution in [3.63, 3.8) is 0 Å². The fourth-order valence-corrected chi connectivity index (χ4v) is 1.08. The summed E-state index contributed by atoms with van der Waals surface area (Å²) in [6.45, 7) is 3.49. The van der Waals surface area contributed by atoms with Crippen LogP contribution >= 0.6 is 0 Å². The lowest BCUT2D eigenvalue weighted by molar-refractivity contribution is -0.143. The van der Waals surface area contributed by atoms with Crippen molar-refractivity contribution in [1.82, 2.24) is 5.32 Å². The first-order chi connectivity index (χ1) is 6.26. The number of carbonyl (C=O) groups excluding carboxylic acids is 1. The number of unbranched alkanes of at least 4 members (excludes halogenated alkanes) is 1. The SMILES string of the molecule is CCC(NCCCCN)C(=O)OC. The third kappa shape index (κ3) is 5.60.